The minimum atomic E-state index is 0.597. The second kappa shape index (κ2) is 6.01. The van der Waals surface area contributed by atoms with E-state index in [2.05, 4.69) is 34.3 Å². The number of hydrogen-bond donors (Lipinski definition) is 1. The van der Waals surface area contributed by atoms with Gasteiger partial charge in [0.1, 0.15) is 5.82 Å². The van der Waals surface area contributed by atoms with Gasteiger partial charge in [-0.25, -0.2) is 4.98 Å². The zero-order chi connectivity index (χ0) is 12.1. The van der Waals surface area contributed by atoms with Crippen LogP contribution in [0.25, 0.3) is 0 Å². The summed E-state index contributed by atoms with van der Waals surface area (Å²) in [4.78, 5) is 7.03. The molecule has 1 N–H and O–H groups in total. The van der Waals surface area contributed by atoms with Crippen molar-refractivity contribution in [3.63, 3.8) is 0 Å². The number of anilines is 1. The summed E-state index contributed by atoms with van der Waals surface area (Å²) in [7, 11) is 1.91. The van der Waals surface area contributed by atoms with E-state index < -0.39 is 0 Å². The third kappa shape index (κ3) is 2.97. The highest BCUT2D eigenvalue weighted by Gasteiger charge is 2.25. The Labute approximate surface area is 104 Å². The molecule has 94 valence electrons. The summed E-state index contributed by atoms with van der Waals surface area (Å²) in [5.41, 5.74) is 1.37. The monoisotopic (exact) mass is 233 g/mol. The molecule has 17 heavy (non-hydrogen) atoms. The van der Waals surface area contributed by atoms with Crippen LogP contribution >= 0.6 is 0 Å². The molecular formula is C14H23N3. The van der Waals surface area contributed by atoms with Crippen LogP contribution < -0.4 is 5.32 Å². The molecule has 3 nitrogen and oxygen atoms in total. The number of pyridine rings is 1. The van der Waals surface area contributed by atoms with Gasteiger partial charge in [-0.05, 0) is 44.0 Å². The molecule has 1 saturated heterocycles. The van der Waals surface area contributed by atoms with Gasteiger partial charge in [-0.2, -0.15) is 0 Å². The maximum Gasteiger partial charge on any atom is 0.125 e. The van der Waals surface area contributed by atoms with E-state index in [1.165, 1.54) is 44.3 Å². The van der Waals surface area contributed by atoms with Crippen LogP contribution in [0.5, 0.6) is 0 Å². The van der Waals surface area contributed by atoms with E-state index in [0.717, 1.165) is 5.82 Å². The fraction of sp³-hybridized carbons (Fsp3) is 0.643. The largest absolute Gasteiger partial charge is 0.373 e. The van der Waals surface area contributed by atoms with Crippen LogP contribution in [-0.4, -0.2) is 30.0 Å². The lowest BCUT2D eigenvalue weighted by Crippen LogP contribution is -2.24. The summed E-state index contributed by atoms with van der Waals surface area (Å²) in [6.07, 6.45) is 7.21. The Morgan fingerprint density at radius 3 is 3.00 bits per heavy atom. The van der Waals surface area contributed by atoms with Crippen LogP contribution in [0.4, 0.5) is 5.82 Å². The fourth-order valence-corrected chi connectivity index (χ4v) is 2.58. The molecule has 1 aliphatic rings. The fourth-order valence-electron chi connectivity index (χ4n) is 2.58. The SMILES string of the molecule is CCCCN1CCCC1c1ccc(NC)nc1. The summed E-state index contributed by atoms with van der Waals surface area (Å²) >= 11 is 0. The zero-order valence-corrected chi connectivity index (χ0v) is 10.9. The third-order valence-electron chi connectivity index (χ3n) is 3.59. The number of unbranched alkanes of at least 4 members (excludes halogenated alkanes) is 1. The molecule has 1 unspecified atom stereocenters. The lowest BCUT2D eigenvalue weighted by molar-refractivity contribution is 0.253. The highest BCUT2D eigenvalue weighted by Crippen LogP contribution is 2.31. The molecule has 3 heteroatoms. The number of aromatic nitrogens is 1. The summed E-state index contributed by atoms with van der Waals surface area (Å²) in [5.74, 6) is 0.951. The van der Waals surface area contributed by atoms with E-state index in [-0.39, 0.29) is 0 Å². The van der Waals surface area contributed by atoms with Crippen molar-refractivity contribution < 1.29 is 0 Å². The smallest absolute Gasteiger partial charge is 0.125 e. The Hall–Kier alpha value is -1.09. The van der Waals surface area contributed by atoms with Crippen molar-refractivity contribution >= 4 is 5.82 Å². The Bertz CT molecular complexity index is 334. The molecule has 0 spiro atoms. The number of nitrogens with zero attached hydrogens (tertiary/aromatic N) is 2. The van der Waals surface area contributed by atoms with Crippen molar-refractivity contribution in [2.24, 2.45) is 0 Å². The van der Waals surface area contributed by atoms with Crippen molar-refractivity contribution in [3.8, 4) is 0 Å². The molecule has 1 aliphatic heterocycles. The van der Waals surface area contributed by atoms with Gasteiger partial charge in [-0.15, -0.1) is 0 Å². The normalized spacial score (nSPS) is 20.7. The first-order valence-electron chi connectivity index (χ1n) is 6.73. The number of hydrogen-bond acceptors (Lipinski definition) is 3. The topological polar surface area (TPSA) is 28.2 Å². The predicted molar refractivity (Wildman–Crippen MR) is 72.2 cm³/mol. The van der Waals surface area contributed by atoms with Crippen molar-refractivity contribution in [3.05, 3.63) is 23.9 Å². The van der Waals surface area contributed by atoms with Gasteiger partial charge in [-0.1, -0.05) is 19.4 Å². The van der Waals surface area contributed by atoms with Gasteiger partial charge < -0.3 is 5.32 Å². The molecule has 1 aromatic heterocycles. The molecule has 0 amide bonds. The molecule has 2 heterocycles. The molecule has 1 aromatic rings. The molecule has 0 bridgehead atoms. The van der Waals surface area contributed by atoms with Gasteiger partial charge in [0.15, 0.2) is 0 Å². The minimum absolute atomic E-state index is 0.597. The summed E-state index contributed by atoms with van der Waals surface area (Å²) in [6.45, 7) is 4.74. The van der Waals surface area contributed by atoms with Crippen molar-refractivity contribution in [2.45, 2.75) is 38.6 Å². The number of likely N-dealkylation sites (tertiary alicyclic amines) is 1. The highest BCUT2D eigenvalue weighted by atomic mass is 15.2. The number of rotatable bonds is 5. The second-order valence-electron chi connectivity index (χ2n) is 4.77. The van der Waals surface area contributed by atoms with Gasteiger partial charge in [0.25, 0.3) is 0 Å². The van der Waals surface area contributed by atoms with Crippen molar-refractivity contribution in [2.75, 3.05) is 25.5 Å². The maximum absolute atomic E-state index is 4.42. The molecule has 0 saturated carbocycles. The van der Waals surface area contributed by atoms with Crippen LogP contribution in [0.1, 0.15) is 44.2 Å². The van der Waals surface area contributed by atoms with E-state index in [1.54, 1.807) is 0 Å². The predicted octanol–water partition coefficient (Wildman–Crippen LogP) is 3.06. The van der Waals surface area contributed by atoms with Crippen LogP contribution in [0, 0.1) is 0 Å². The molecule has 0 radical (unpaired) electrons. The van der Waals surface area contributed by atoms with Gasteiger partial charge in [0.2, 0.25) is 0 Å². The zero-order valence-electron chi connectivity index (χ0n) is 10.9. The Kier molecular flexibility index (Phi) is 4.37. The molecule has 0 aliphatic carbocycles. The Morgan fingerprint density at radius 1 is 1.47 bits per heavy atom. The minimum Gasteiger partial charge on any atom is -0.373 e. The molecule has 0 aromatic carbocycles. The first-order valence-corrected chi connectivity index (χ1v) is 6.73. The third-order valence-corrected chi connectivity index (χ3v) is 3.59. The summed E-state index contributed by atoms with van der Waals surface area (Å²) in [6, 6.07) is 4.89. The quantitative estimate of drug-likeness (QED) is 0.847. The molecular weight excluding hydrogens is 210 g/mol. The molecule has 1 atom stereocenters. The first kappa shape index (κ1) is 12.4. The van der Waals surface area contributed by atoms with Crippen molar-refractivity contribution in [1.82, 2.24) is 9.88 Å². The van der Waals surface area contributed by atoms with E-state index in [0.29, 0.717) is 6.04 Å². The van der Waals surface area contributed by atoms with Gasteiger partial charge in [0, 0.05) is 19.3 Å². The van der Waals surface area contributed by atoms with E-state index in [1.807, 2.05) is 13.2 Å². The van der Waals surface area contributed by atoms with E-state index in [4.69, 9.17) is 0 Å². The average molecular weight is 233 g/mol. The lowest BCUT2D eigenvalue weighted by atomic mass is 10.1. The van der Waals surface area contributed by atoms with Gasteiger partial charge in [-0.3, -0.25) is 4.90 Å². The van der Waals surface area contributed by atoms with Crippen molar-refractivity contribution in [1.29, 1.82) is 0 Å². The average Bonchev–Trinajstić information content (AvgIpc) is 2.84. The summed E-state index contributed by atoms with van der Waals surface area (Å²) < 4.78 is 0. The Morgan fingerprint density at radius 2 is 2.35 bits per heavy atom. The van der Waals surface area contributed by atoms with Crippen LogP contribution in [0.15, 0.2) is 18.3 Å². The Balaban J connectivity index is 2.03. The van der Waals surface area contributed by atoms with Crippen LogP contribution in [0.3, 0.4) is 0 Å². The maximum atomic E-state index is 4.42. The standard InChI is InChI=1S/C14H23N3/c1-3-4-9-17-10-5-6-13(17)12-7-8-14(15-2)16-11-12/h7-8,11,13H,3-6,9-10H2,1-2H3,(H,15,16). The highest BCUT2D eigenvalue weighted by molar-refractivity contribution is 5.35. The van der Waals surface area contributed by atoms with Crippen LogP contribution in [-0.2, 0) is 0 Å². The lowest BCUT2D eigenvalue weighted by Gasteiger charge is -2.24. The van der Waals surface area contributed by atoms with E-state index in [9.17, 15) is 0 Å². The summed E-state index contributed by atoms with van der Waals surface area (Å²) in [5, 5.41) is 3.07. The molecule has 1 fully saturated rings. The number of nitrogens with one attached hydrogen (secondary N) is 1. The first-order chi connectivity index (χ1) is 8.35. The van der Waals surface area contributed by atoms with E-state index >= 15 is 0 Å². The molecule has 2 rings (SSSR count). The second-order valence-corrected chi connectivity index (χ2v) is 4.77. The van der Waals surface area contributed by atoms with Gasteiger partial charge in [0.05, 0.1) is 0 Å². The van der Waals surface area contributed by atoms with Gasteiger partial charge >= 0.3 is 0 Å². The van der Waals surface area contributed by atoms with Crippen LogP contribution in [0.2, 0.25) is 0 Å².